The van der Waals surface area contributed by atoms with Gasteiger partial charge in [-0.2, -0.15) is 0 Å². The van der Waals surface area contributed by atoms with E-state index in [4.69, 9.17) is 11.6 Å². The molecule has 0 saturated carbocycles. The summed E-state index contributed by atoms with van der Waals surface area (Å²) < 4.78 is 0. The Morgan fingerprint density at radius 2 is 1.59 bits per heavy atom. The molecule has 0 aromatic heterocycles. The number of halogens is 1. The van der Waals surface area contributed by atoms with Crippen molar-refractivity contribution >= 4 is 11.6 Å². The van der Waals surface area contributed by atoms with Gasteiger partial charge in [-0.3, -0.25) is 0 Å². The van der Waals surface area contributed by atoms with Gasteiger partial charge >= 0.3 is 0 Å². The normalized spacial score (nSPS) is 12.5. The Morgan fingerprint density at radius 3 is 2.18 bits per heavy atom. The summed E-state index contributed by atoms with van der Waals surface area (Å²) in [6.07, 6.45) is 0. The molecule has 17 heavy (non-hydrogen) atoms. The van der Waals surface area contributed by atoms with Crippen molar-refractivity contribution in [3.63, 3.8) is 0 Å². The zero-order valence-electron chi connectivity index (χ0n) is 10.5. The van der Waals surface area contributed by atoms with Gasteiger partial charge in [0.05, 0.1) is 0 Å². The zero-order valence-corrected chi connectivity index (χ0v) is 11.3. The maximum atomic E-state index is 5.91. The molecule has 2 rings (SSSR count). The first-order valence-corrected chi connectivity index (χ1v) is 6.28. The first-order chi connectivity index (χ1) is 8.08. The van der Waals surface area contributed by atoms with E-state index in [1.54, 1.807) is 0 Å². The summed E-state index contributed by atoms with van der Waals surface area (Å²) in [7, 11) is 0. The predicted molar refractivity (Wildman–Crippen MR) is 74.9 cm³/mol. The minimum Gasteiger partial charge on any atom is -0.0843 e. The van der Waals surface area contributed by atoms with E-state index in [0.717, 1.165) is 5.02 Å². The third kappa shape index (κ3) is 2.70. The molecule has 0 amide bonds. The van der Waals surface area contributed by atoms with Crippen LogP contribution in [0.2, 0.25) is 5.02 Å². The largest absolute Gasteiger partial charge is 0.0843 e. The highest BCUT2D eigenvalue weighted by Gasteiger charge is 2.10. The molecule has 0 N–H and O–H groups in total. The number of aryl methyl sites for hydroxylation is 2. The van der Waals surface area contributed by atoms with Crippen molar-refractivity contribution in [2.24, 2.45) is 0 Å². The SMILES string of the molecule is Cc1ccc(C(C)c2ccc(Cl)cc2)c(C)c1. The van der Waals surface area contributed by atoms with Crippen molar-refractivity contribution < 1.29 is 0 Å². The van der Waals surface area contributed by atoms with Crippen molar-refractivity contribution in [1.82, 2.24) is 0 Å². The third-order valence-corrected chi connectivity index (χ3v) is 3.51. The van der Waals surface area contributed by atoms with E-state index in [9.17, 15) is 0 Å². The van der Waals surface area contributed by atoms with E-state index in [1.807, 2.05) is 12.1 Å². The topological polar surface area (TPSA) is 0 Å². The molecule has 0 spiro atoms. The van der Waals surface area contributed by atoms with Crippen LogP contribution in [-0.4, -0.2) is 0 Å². The number of rotatable bonds is 2. The fourth-order valence-corrected chi connectivity index (χ4v) is 2.37. The van der Waals surface area contributed by atoms with Gasteiger partial charge in [-0.25, -0.2) is 0 Å². The molecule has 0 radical (unpaired) electrons. The van der Waals surface area contributed by atoms with E-state index in [2.05, 4.69) is 51.1 Å². The smallest absolute Gasteiger partial charge is 0.0406 e. The van der Waals surface area contributed by atoms with Crippen LogP contribution in [-0.2, 0) is 0 Å². The van der Waals surface area contributed by atoms with Crippen molar-refractivity contribution in [2.45, 2.75) is 26.7 Å². The zero-order chi connectivity index (χ0) is 12.4. The molecule has 2 aromatic rings. The molecule has 1 heteroatoms. The molecule has 0 aliphatic rings. The van der Waals surface area contributed by atoms with Gasteiger partial charge in [0.2, 0.25) is 0 Å². The van der Waals surface area contributed by atoms with Gasteiger partial charge in [-0.15, -0.1) is 0 Å². The first-order valence-electron chi connectivity index (χ1n) is 5.90. The standard InChI is InChI=1S/C16H17Cl/c1-11-4-9-16(12(2)10-11)13(3)14-5-7-15(17)8-6-14/h4-10,13H,1-3H3. The first kappa shape index (κ1) is 12.2. The Bertz CT molecular complexity index is 512. The fourth-order valence-electron chi connectivity index (χ4n) is 2.24. The lowest BCUT2D eigenvalue weighted by molar-refractivity contribution is 0.909. The molecule has 88 valence electrons. The van der Waals surface area contributed by atoms with Crippen LogP contribution in [0.1, 0.15) is 35.1 Å². The Morgan fingerprint density at radius 1 is 0.941 bits per heavy atom. The van der Waals surface area contributed by atoms with Gasteiger partial charge in [0.1, 0.15) is 0 Å². The average molecular weight is 245 g/mol. The second-order valence-electron chi connectivity index (χ2n) is 4.63. The fraction of sp³-hybridized carbons (Fsp3) is 0.250. The van der Waals surface area contributed by atoms with E-state index >= 15 is 0 Å². The summed E-state index contributed by atoms with van der Waals surface area (Å²) in [4.78, 5) is 0. The number of hydrogen-bond donors (Lipinski definition) is 0. The molecule has 0 heterocycles. The molecule has 0 aliphatic carbocycles. The van der Waals surface area contributed by atoms with Gasteiger partial charge in [-0.1, -0.05) is 54.4 Å². The lowest BCUT2D eigenvalue weighted by atomic mass is 9.89. The lowest BCUT2D eigenvalue weighted by Gasteiger charge is -2.15. The van der Waals surface area contributed by atoms with Crippen LogP contribution in [0.4, 0.5) is 0 Å². The molecule has 0 bridgehead atoms. The second-order valence-corrected chi connectivity index (χ2v) is 5.07. The Labute approximate surface area is 108 Å². The van der Waals surface area contributed by atoms with Gasteiger partial charge in [0.15, 0.2) is 0 Å². The van der Waals surface area contributed by atoms with Crippen molar-refractivity contribution in [3.8, 4) is 0 Å². The lowest BCUT2D eigenvalue weighted by Crippen LogP contribution is -1.98. The van der Waals surface area contributed by atoms with Gasteiger partial charge in [0, 0.05) is 10.9 Å². The maximum Gasteiger partial charge on any atom is 0.0406 e. The maximum absolute atomic E-state index is 5.91. The molecule has 0 nitrogen and oxygen atoms in total. The summed E-state index contributed by atoms with van der Waals surface area (Å²) in [5.74, 6) is 0.410. The highest BCUT2D eigenvalue weighted by molar-refractivity contribution is 6.30. The summed E-state index contributed by atoms with van der Waals surface area (Å²) in [6.45, 7) is 6.54. The second kappa shape index (κ2) is 4.93. The van der Waals surface area contributed by atoms with Crippen LogP contribution in [0.5, 0.6) is 0 Å². The minimum absolute atomic E-state index is 0.410. The van der Waals surface area contributed by atoms with E-state index in [-0.39, 0.29) is 0 Å². The molecule has 1 unspecified atom stereocenters. The monoisotopic (exact) mass is 244 g/mol. The predicted octanol–water partition coefficient (Wildman–Crippen LogP) is 5.11. The summed E-state index contributed by atoms with van der Waals surface area (Å²) in [5, 5.41) is 0.793. The molecule has 0 fully saturated rings. The highest BCUT2D eigenvalue weighted by Crippen LogP contribution is 2.28. The van der Waals surface area contributed by atoms with E-state index in [1.165, 1.54) is 22.3 Å². The molecule has 0 aliphatic heterocycles. The Kier molecular flexibility index (Phi) is 3.54. The van der Waals surface area contributed by atoms with Crippen LogP contribution < -0.4 is 0 Å². The third-order valence-electron chi connectivity index (χ3n) is 3.26. The molecule has 2 aromatic carbocycles. The summed E-state index contributed by atoms with van der Waals surface area (Å²) in [5.41, 5.74) is 5.36. The molecular formula is C16H17Cl. The number of hydrogen-bond acceptors (Lipinski definition) is 0. The Hall–Kier alpha value is -1.27. The van der Waals surface area contributed by atoms with Crippen LogP contribution in [0.15, 0.2) is 42.5 Å². The molecular weight excluding hydrogens is 228 g/mol. The van der Waals surface area contributed by atoms with Crippen molar-refractivity contribution in [2.75, 3.05) is 0 Å². The summed E-state index contributed by atoms with van der Waals surface area (Å²) >= 11 is 5.91. The van der Waals surface area contributed by atoms with Gasteiger partial charge in [-0.05, 0) is 42.7 Å². The Balaban J connectivity index is 2.36. The van der Waals surface area contributed by atoms with Gasteiger partial charge in [0.25, 0.3) is 0 Å². The van der Waals surface area contributed by atoms with E-state index in [0.29, 0.717) is 5.92 Å². The minimum atomic E-state index is 0.410. The van der Waals surface area contributed by atoms with Gasteiger partial charge < -0.3 is 0 Å². The average Bonchev–Trinajstić information content (AvgIpc) is 2.29. The van der Waals surface area contributed by atoms with Crippen LogP contribution in [0.25, 0.3) is 0 Å². The van der Waals surface area contributed by atoms with Crippen LogP contribution in [0, 0.1) is 13.8 Å². The number of benzene rings is 2. The molecule has 0 saturated heterocycles. The highest BCUT2D eigenvalue weighted by atomic mass is 35.5. The molecule has 1 atom stereocenters. The van der Waals surface area contributed by atoms with Crippen LogP contribution in [0.3, 0.4) is 0 Å². The van der Waals surface area contributed by atoms with Crippen molar-refractivity contribution in [1.29, 1.82) is 0 Å². The quantitative estimate of drug-likeness (QED) is 0.689. The van der Waals surface area contributed by atoms with Crippen LogP contribution >= 0.6 is 11.6 Å². The van der Waals surface area contributed by atoms with Crippen molar-refractivity contribution in [3.05, 3.63) is 69.7 Å². The van der Waals surface area contributed by atoms with E-state index < -0.39 is 0 Å². The summed E-state index contributed by atoms with van der Waals surface area (Å²) in [6, 6.07) is 14.8.